The number of aryl methyl sites for hydroxylation is 1. The van der Waals surface area contributed by atoms with Gasteiger partial charge in [-0.2, -0.15) is 0 Å². The van der Waals surface area contributed by atoms with Gasteiger partial charge in [-0.25, -0.2) is 4.98 Å². The smallest absolute Gasteiger partial charge is 0.116 e. The molecule has 0 fully saturated rings. The monoisotopic (exact) mass is 403 g/mol. The van der Waals surface area contributed by atoms with Gasteiger partial charge in [0.05, 0.1) is 5.69 Å². The number of nitrogens with zero attached hydrogens (tertiary/aromatic N) is 2. The number of hydrogen-bond acceptors (Lipinski definition) is 4. The SMILES string of the molecule is CCCNC(c1nc(C)cs1)c1ncc(Br)cc1Br. The number of thiazole rings is 1. The zero-order valence-corrected chi connectivity index (χ0v) is 14.8. The Morgan fingerprint density at radius 2 is 2.21 bits per heavy atom. The molecule has 1 unspecified atom stereocenters. The Morgan fingerprint density at radius 1 is 1.42 bits per heavy atom. The molecule has 0 aliphatic carbocycles. The van der Waals surface area contributed by atoms with Gasteiger partial charge in [-0.15, -0.1) is 11.3 Å². The zero-order chi connectivity index (χ0) is 13.8. The number of halogens is 2. The van der Waals surface area contributed by atoms with Crippen LogP contribution in [0.25, 0.3) is 0 Å². The minimum absolute atomic E-state index is 0.0427. The van der Waals surface area contributed by atoms with E-state index in [2.05, 4.69) is 59.4 Å². The van der Waals surface area contributed by atoms with Gasteiger partial charge in [-0.1, -0.05) is 6.92 Å². The molecular formula is C13H15Br2N3S. The Hall–Kier alpha value is -0.300. The lowest BCUT2D eigenvalue weighted by Gasteiger charge is -2.17. The molecule has 6 heteroatoms. The highest BCUT2D eigenvalue weighted by Gasteiger charge is 2.20. The van der Waals surface area contributed by atoms with Crippen LogP contribution in [0.15, 0.2) is 26.6 Å². The summed E-state index contributed by atoms with van der Waals surface area (Å²) >= 11 is 8.69. The van der Waals surface area contributed by atoms with Crippen molar-refractivity contribution < 1.29 is 0 Å². The van der Waals surface area contributed by atoms with E-state index in [0.717, 1.165) is 38.3 Å². The molecule has 0 saturated heterocycles. The first-order valence-electron chi connectivity index (χ1n) is 6.08. The standard InChI is InChI=1S/C13H15Br2N3S/c1-3-4-16-12(13-18-8(2)7-19-13)11-10(15)5-9(14)6-17-11/h5-7,12,16H,3-4H2,1-2H3. The zero-order valence-electron chi connectivity index (χ0n) is 10.8. The molecule has 2 aromatic rings. The van der Waals surface area contributed by atoms with Crippen LogP contribution < -0.4 is 5.32 Å². The second-order valence-corrected chi connectivity index (χ2v) is 6.89. The predicted octanol–water partition coefficient (Wildman–Crippen LogP) is 4.46. The van der Waals surface area contributed by atoms with Crippen molar-refractivity contribution in [3.63, 3.8) is 0 Å². The fourth-order valence-corrected chi connectivity index (χ4v) is 3.82. The first-order valence-corrected chi connectivity index (χ1v) is 8.54. The molecule has 3 nitrogen and oxygen atoms in total. The van der Waals surface area contributed by atoms with Crippen LogP contribution in [-0.4, -0.2) is 16.5 Å². The Labute approximate surface area is 134 Å². The normalized spacial score (nSPS) is 12.6. The Kier molecular flexibility index (Phi) is 5.50. The molecule has 0 amide bonds. The van der Waals surface area contributed by atoms with Crippen LogP contribution in [0.2, 0.25) is 0 Å². The summed E-state index contributed by atoms with van der Waals surface area (Å²) < 4.78 is 1.95. The summed E-state index contributed by atoms with van der Waals surface area (Å²) in [5, 5.41) is 6.64. The van der Waals surface area contributed by atoms with Gasteiger partial charge in [-0.05, 0) is 57.8 Å². The van der Waals surface area contributed by atoms with E-state index in [-0.39, 0.29) is 6.04 Å². The topological polar surface area (TPSA) is 37.8 Å². The minimum Gasteiger partial charge on any atom is -0.303 e. The summed E-state index contributed by atoms with van der Waals surface area (Å²) in [7, 11) is 0. The van der Waals surface area contributed by atoms with Crippen LogP contribution in [0, 0.1) is 6.92 Å². The third-order valence-corrected chi connectivity index (χ3v) is 4.69. The van der Waals surface area contributed by atoms with Gasteiger partial charge in [0.25, 0.3) is 0 Å². The van der Waals surface area contributed by atoms with Crippen molar-refractivity contribution in [2.24, 2.45) is 0 Å². The van der Waals surface area contributed by atoms with Crippen molar-refractivity contribution in [1.82, 2.24) is 15.3 Å². The maximum absolute atomic E-state index is 4.59. The lowest BCUT2D eigenvalue weighted by molar-refractivity contribution is 0.581. The first kappa shape index (κ1) is 15.1. The van der Waals surface area contributed by atoms with E-state index in [9.17, 15) is 0 Å². The van der Waals surface area contributed by atoms with Gasteiger partial charge in [-0.3, -0.25) is 4.98 Å². The van der Waals surface area contributed by atoms with Crippen molar-refractivity contribution in [3.8, 4) is 0 Å². The highest BCUT2D eigenvalue weighted by Crippen LogP contribution is 2.30. The summed E-state index contributed by atoms with van der Waals surface area (Å²) in [5.41, 5.74) is 2.03. The summed E-state index contributed by atoms with van der Waals surface area (Å²) in [6.07, 6.45) is 2.90. The average Bonchev–Trinajstić information content (AvgIpc) is 2.78. The minimum atomic E-state index is 0.0427. The van der Waals surface area contributed by atoms with E-state index in [1.165, 1.54) is 0 Å². The first-order chi connectivity index (χ1) is 9.11. The quantitative estimate of drug-likeness (QED) is 0.799. The summed E-state index contributed by atoms with van der Waals surface area (Å²) in [6.45, 7) is 5.11. The third-order valence-electron chi connectivity index (χ3n) is 2.59. The molecule has 0 aliphatic rings. The maximum Gasteiger partial charge on any atom is 0.116 e. The van der Waals surface area contributed by atoms with Gasteiger partial charge < -0.3 is 5.32 Å². The number of nitrogens with one attached hydrogen (secondary N) is 1. The van der Waals surface area contributed by atoms with E-state index in [1.54, 1.807) is 11.3 Å². The van der Waals surface area contributed by atoms with Gasteiger partial charge in [0.1, 0.15) is 11.0 Å². The van der Waals surface area contributed by atoms with E-state index >= 15 is 0 Å². The summed E-state index contributed by atoms with van der Waals surface area (Å²) in [6, 6.07) is 2.06. The number of pyridine rings is 1. The highest BCUT2D eigenvalue weighted by molar-refractivity contribution is 9.11. The van der Waals surface area contributed by atoms with Crippen molar-refractivity contribution in [2.75, 3.05) is 6.54 Å². The number of aromatic nitrogens is 2. The van der Waals surface area contributed by atoms with Gasteiger partial charge in [0, 0.05) is 26.2 Å². The molecule has 0 radical (unpaired) electrons. The second kappa shape index (κ2) is 6.92. The van der Waals surface area contributed by atoms with Gasteiger partial charge in [0.15, 0.2) is 0 Å². The Morgan fingerprint density at radius 3 is 2.79 bits per heavy atom. The van der Waals surface area contributed by atoms with E-state index in [0.29, 0.717) is 0 Å². The molecule has 2 heterocycles. The molecular weight excluding hydrogens is 390 g/mol. The van der Waals surface area contributed by atoms with Gasteiger partial charge in [0.2, 0.25) is 0 Å². The van der Waals surface area contributed by atoms with Gasteiger partial charge >= 0.3 is 0 Å². The molecule has 0 bridgehead atoms. The fourth-order valence-electron chi connectivity index (χ4n) is 1.73. The predicted molar refractivity (Wildman–Crippen MR) is 86.6 cm³/mol. The molecule has 1 N–H and O–H groups in total. The third kappa shape index (κ3) is 3.84. The van der Waals surface area contributed by atoms with Crippen molar-refractivity contribution in [2.45, 2.75) is 26.3 Å². The second-order valence-electron chi connectivity index (χ2n) is 4.23. The number of rotatable bonds is 5. The molecule has 2 rings (SSSR count). The van der Waals surface area contributed by atoms with Crippen LogP contribution in [0.5, 0.6) is 0 Å². The summed E-state index contributed by atoms with van der Waals surface area (Å²) in [4.78, 5) is 9.11. The maximum atomic E-state index is 4.59. The van der Waals surface area contributed by atoms with E-state index < -0.39 is 0 Å². The lowest BCUT2D eigenvalue weighted by Crippen LogP contribution is -2.24. The van der Waals surface area contributed by atoms with Crippen LogP contribution in [0.4, 0.5) is 0 Å². The molecule has 0 aliphatic heterocycles. The lowest BCUT2D eigenvalue weighted by atomic mass is 10.2. The fraction of sp³-hybridized carbons (Fsp3) is 0.385. The molecule has 0 saturated carbocycles. The highest BCUT2D eigenvalue weighted by atomic mass is 79.9. The summed E-state index contributed by atoms with van der Waals surface area (Å²) in [5.74, 6) is 0. The largest absolute Gasteiger partial charge is 0.303 e. The molecule has 1 atom stereocenters. The Balaban J connectivity index is 2.36. The van der Waals surface area contributed by atoms with Crippen molar-refractivity contribution >= 4 is 43.2 Å². The molecule has 19 heavy (non-hydrogen) atoms. The van der Waals surface area contributed by atoms with Crippen LogP contribution in [-0.2, 0) is 0 Å². The van der Waals surface area contributed by atoms with Crippen molar-refractivity contribution in [3.05, 3.63) is 43.0 Å². The molecule has 0 aromatic carbocycles. The Bertz CT molecular complexity index is 557. The molecule has 102 valence electrons. The van der Waals surface area contributed by atoms with E-state index in [1.807, 2.05) is 19.2 Å². The van der Waals surface area contributed by atoms with Crippen molar-refractivity contribution in [1.29, 1.82) is 0 Å². The average molecular weight is 405 g/mol. The number of hydrogen-bond donors (Lipinski definition) is 1. The molecule has 0 spiro atoms. The van der Waals surface area contributed by atoms with E-state index in [4.69, 9.17) is 0 Å². The van der Waals surface area contributed by atoms with Crippen LogP contribution in [0.1, 0.15) is 35.8 Å². The van der Waals surface area contributed by atoms with Crippen LogP contribution in [0.3, 0.4) is 0 Å². The van der Waals surface area contributed by atoms with Crippen LogP contribution >= 0.6 is 43.2 Å². The molecule has 2 aromatic heterocycles.